The fourth-order valence-electron chi connectivity index (χ4n) is 2.09. The van der Waals surface area contributed by atoms with Gasteiger partial charge in [-0.25, -0.2) is 4.98 Å². The fourth-order valence-corrected chi connectivity index (χ4v) is 3.93. The van der Waals surface area contributed by atoms with Crippen molar-refractivity contribution in [3.05, 3.63) is 64.5 Å². The summed E-state index contributed by atoms with van der Waals surface area (Å²) in [5.41, 5.74) is 10.1. The third-order valence-corrected chi connectivity index (χ3v) is 5.45. The van der Waals surface area contributed by atoms with Crippen LogP contribution in [0.2, 0.25) is 0 Å². The lowest BCUT2D eigenvalue weighted by molar-refractivity contribution is 1.25. The van der Waals surface area contributed by atoms with Gasteiger partial charge in [-0.2, -0.15) is 0 Å². The number of hydrogen-bond acceptors (Lipinski definition) is 4. The van der Waals surface area contributed by atoms with Crippen LogP contribution in [0.4, 0.5) is 5.69 Å². The molecule has 0 radical (unpaired) electrons. The zero-order valence-electron chi connectivity index (χ0n) is 11.7. The van der Waals surface area contributed by atoms with Crippen molar-refractivity contribution in [3.8, 4) is 11.3 Å². The van der Waals surface area contributed by atoms with Gasteiger partial charge in [0, 0.05) is 21.5 Å². The molecule has 0 bridgehead atoms. The maximum Gasteiger partial charge on any atom is 0.104 e. The number of nitrogens with zero attached hydrogens (tertiary/aromatic N) is 1. The van der Waals surface area contributed by atoms with Crippen molar-refractivity contribution in [2.75, 3.05) is 5.73 Å². The summed E-state index contributed by atoms with van der Waals surface area (Å²) < 4.78 is 0. The first-order chi connectivity index (χ1) is 10.2. The summed E-state index contributed by atoms with van der Waals surface area (Å²) in [4.78, 5) is 6.02. The number of hydrogen-bond donors (Lipinski definition) is 1. The molecule has 0 aliphatic rings. The highest BCUT2D eigenvalue weighted by Crippen LogP contribution is 2.31. The van der Waals surface area contributed by atoms with Crippen LogP contribution in [0.25, 0.3) is 11.3 Å². The van der Waals surface area contributed by atoms with Gasteiger partial charge < -0.3 is 5.73 Å². The van der Waals surface area contributed by atoms with E-state index in [1.165, 1.54) is 10.5 Å². The number of aromatic nitrogens is 1. The highest BCUT2D eigenvalue weighted by molar-refractivity contribution is 7.98. The molecule has 4 heteroatoms. The molecule has 0 amide bonds. The summed E-state index contributed by atoms with van der Waals surface area (Å²) in [6.45, 7) is 2.14. The Bertz CT molecular complexity index is 750. The van der Waals surface area contributed by atoms with E-state index in [2.05, 4.69) is 36.6 Å². The number of anilines is 1. The van der Waals surface area contributed by atoms with Crippen LogP contribution in [0.15, 0.2) is 58.8 Å². The zero-order chi connectivity index (χ0) is 14.7. The summed E-state index contributed by atoms with van der Waals surface area (Å²) in [6, 6.07) is 16.3. The van der Waals surface area contributed by atoms with Crippen LogP contribution in [-0.2, 0) is 5.75 Å². The molecule has 0 fully saturated rings. The molecule has 2 nitrogen and oxygen atoms in total. The van der Waals surface area contributed by atoms with Gasteiger partial charge >= 0.3 is 0 Å². The van der Waals surface area contributed by atoms with E-state index < -0.39 is 0 Å². The van der Waals surface area contributed by atoms with Crippen LogP contribution in [0, 0.1) is 6.92 Å². The number of benzene rings is 2. The maximum atomic E-state index is 6.01. The smallest absolute Gasteiger partial charge is 0.104 e. The topological polar surface area (TPSA) is 38.9 Å². The molecular formula is C17H16N2S2. The van der Waals surface area contributed by atoms with Crippen LogP contribution in [0.3, 0.4) is 0 Å². The molecule has 1 heterocycles. The molecule has 2 N–H and O–H groups in total. The van der Waals surface area contributed by atoms with E-state index >= 15 is 0 Å². The lowest BCUT2D eigenvalue weighted by Crippen LogP contribution is -1.89. The second-order valence-corrected chi connectivity index (χ2v) is 6.73. The summed E-state index contributed by atoms with van der Waals surface area (Å²) in [7, 11) is 0. The van der Waals surface area contributed by atoms with E-state index in [1.54, 1.807) is 11.3 Å². The standard InChI is InChI=1S/C17H16N2S2/c1-12-6-2-5-9-16(12)20-11-17-19-15(10-21-17)13-7-3-4-8-14(13)18/h2-10H,11,18H2,1H3. The van der Waals surface area contributed by atoms with Crippen LogP contribution < -0.4 is 5.73 Å². The molecule has 0 saturated heterocycles. The first-order valence-electron chi connectivity index (χ1n) is 6.72. The third-order valence-electron chi connectivity index (χ3n) is 3.23. The molecule has 0 unspecified atom stereocenters. The Morgan fingerprint density at radius 3 is 2.67 bits per heavy atom. The molecule has 3 rings (SSSR count). The van der Waals surface area contributed by atoms with Crippen molar-refractivity contribution in [2.45, 2.75) is 17.6 Å². The molecule has 2 aromatic carbocycles. The Kier molecular flexibility index (Phi) is 4.27. The number of nitrogens with two attached hydrogens (primary N) is 1. The lowest BCUT2D eigenvalue weighted by atomic mass is 10.1. The number of para-hydroxylation sites is 1. The van der Waals surface area contributed by atoms with Crippen molar-refractivity contribution in [2.24, 2.45) is 0 Å². The van der Waals surface area contributed by atoms with Crippen LogP contribution >= 0.6 is 23.1 Å². The fraction of sp³-hybridized carbons (Fsp3) is 0.118. The Balaban J connectivity index is 1.74. The number of aryl methyl sites for hydroxylation is 1. The second-order valence-electron chi connectivity index (χ2n) is 4.77. The minimum absolute atomic E-state index is 0.779. The SMILES string of the molecule is Cc1ccccc1SCc1nc(-c2ccccc2N)cs1. The summed E-state index contributed by atoms with van der Waals surface area (Å²) >= 11 is 3.52. The average Bonchev–Trinajstić information content (AvgIpc) is 2.96. The van der Waals surface area contributed by atoms with Crippen molar-refractivity contribution >= 4 is 28.8 Å². The largest absolute Gasteiger partial charge is 0.398 e. The summed E-state index contributed by atoms with van der Waals surface area (Å²) in [5.74, 6) is 0.891. The van der Waals surface area contributed by atoms with Crippen LogP contribution in [0.1, 0.15) is 10.6 Å². The number of rotatable bonds is 4. The molecular weight excluding hydrogens is 296 g/mol. The summed E-state index contributed by atoms with van der Waals surface area (Å²) in [6.07, 6.45) is 0. The van der Waals surface area contributed by atoms with Crippen LogP contribution in [0.5, 0.6) is 0 Å². The van der Waals surface area contributed by atoms with E-state index in [4.69, 9.17) is 10.7 Å². The molecule has 0 aliphatic heterocycles. The van der Waals surface area contributed by atoms with E-state index in [0.717, 1.165) is 27.7 Å². The Morgan fingerprint density at radius 2 is 1.86 bits per heavy atom. The Labute approximate surface area is 133 Å². The number of thiazole rings is 1. The van der Waals surface area contributed by atoms with Gasteiger partial charge in [-0.15, -0.1) is 23.1 Å². The Morgan fingerprint density at radius 1 is 1.10 bits per heavy atom. The molecule has 1 aromatic heterocycles. The normalized spacial score (nSPS) is 10.7. The van der Waals surface area contributed by atoms with E-state index in [1.807, 2.05) is 36.0 Å². The summed E-state index contributed by atoms with van der Waals surface area (Å²) in [5, 5.41) is 3.21. The van der Waals surface area contributed by atoms with E-state index in [-0.39, 0.29) is 0 Å². The molecule has 0 aliphatic carbocycles. The highest BCUT2D eigenvalue weighted by atomic mass is 32.2. The van der Waals surface area contributed by atoms with Crippen LogP contribution in [-0.4, -0.2) is 4.98 Å². The molecule has 0 spiro atoms. The molecule has 21 heavy (non-hydrogen) atoms. The predicted octanol–water partition coefficient (Wildman–Crippen LogP) is 4.99. The quantitative estimate of drug-likeness (QED) is 0.544. The highest BCUT2D eigenvalue weighted by Gasteiger charge is 2.08. The monoisotopic (exact) mass is 312 g/mol. The van der Waals surface area contributed by atoms with Gasteiger partial charge in [0.05, 0.1) is 11.4 Å². The van der Waals surface area contributed by atoms with E-state index in [9.17, 15) is 0 Å². The van der Waals surface area contributed by atoms with Crippen molar-refractivity contribution in [1.29, 1.82) is 0 Å². The minimum Gasteiger partial charge on any atom is -0.398 e. The maximum absolute atomic E-state index is 6.01. The molecule has 0 saturated carbocycles. The van der Waals surface area contributed by atoms with Gasteiger partial charge in [-0.05, 0) is 24.6 Å². The zero-order valence-corrected chi connectivity index (χ0v) is 13.4. The van der Waals surface area contributed by atoms with Gasteiger partial charge in [0.25, 0.3) is 0 Å². The average molecular weight is 312 g/mol. The molecule has 0 atom stereocenters. The number of thioether (sulfide) groups is 1. The van der Waals surface area contributed by atoms with Gasteiger partial charge in [0.15, 0.2) is 0 Å². The molecule has 106 valence electrons. The van der Waals surface area contributed by atoms with E-state index in [0.29, 0.717) is 0 Å². The van der Waals surface area contributed by atoms with Gasteiger partial charge in [-0.1, -0.05) is 36.4 Å². The van der Waals surface area contributed by atoms with Gasteiger partial charge in [0.1, 0.15) is 5.01 Å². The first-order valence-corrected chi connectivity index (χ1v) is 8.58. The lowest BCUT2D eigenvalue weighted by Gasteiger charge is -2.03. The first kappa shape index (κ1) is 14.2. The minimum atomic E-state index is 0.779. The van der Waals surface area contributed by atoms with Gasteiger partial charge in [0.2, 0.25) is 0 Å². The third kappa shape index (κ3) is 3.28. The molecule has 3 aromatic rings. The number of nitrogen functional groups attached to an aromatic ring is 1. The second kappa shape index (κ2) is 6.33. The van der Waals surface area contributed by atoms with Crippen molar-refractivity contribution < 1.29 is 0 Å². The Hall–Kier alpha value is -1.78. The van der Waals surface area contributed by atoms with Crippen molar-refractivity contribution in [3.63, 3.8) is 0 Å². The van der Waals surface area contributed by atoms with Crippen molar-refractivity contribution in [1.82, 2.24) is 4.98 Å². The predicted molar refractivity (Wildman–Crippen MR) is 92.7 cm³/mol. The van der Waals surface area contributed by atoms with Gasteiger partial charge in [-0.3, -0.25) is 0 Å².